The number of hydrogen-bond acceptors (Lipinski definition) is 3. The Bertz CT molecular complexity index is 551. The molecule has 0 saturated carbocycles. The van der Waals surface area contributed by atoms with Crippen molar-refractivity contribution in [1.29, 1.82) is 0 Å². The van der Waals surface area contributed by atoms with E-state index in [-0.39, 0.29) is 11.9 Å². The van der Waals surface area contributed by atoms with Crippen LogP contribution in [-0.2, 0) is 0 Å². The molecule has 0 saturated heterocycles. The maximum Gasteiger partial charge on any atom is 0.123 e. The maximum atomic E-state index is 13.5. The SMILES string of the molecule is CCCNC(c1cnc(C)s1)c1cc(F)ccc1C. The Morgan fingerprint density at radius 3 is 2.79 bits per heavy atom. The first kappa shape index (κ1) is 14.2. The minimum atomic E-state index is -0.190. The summed E-state index contributed by atoms with van der Waals surface area (Å²) in [6, 6.07) is 4.99. The summed E-state index contributed by atoms with van der Waals surface area (Å²) in [5.74, 6) is -0.190. The van der Waals surface area contributed by atoms with Crippen molar-refractivity contribution >= 4 is 11.3 Å². The molecule has 0 aliphatic rings. The van der Waals surface area contributed by atoms with Gasteiger partial charge in [-0.2, -0.15) is 0 Å². The van der Waals surface area contributed by atoms with Gasteiger partial charge in [-0.1, -0.05) is 13.0 Å². The van der Waals surface area contributed by atoms with Crippen LogP contribution in [0.3, 0.4) is 0 Å². The second kappa shape index (κ2) is 6.26. The highest BCUT2D eigenvalue weighted by atomic mass is 32.1. The zero-order valence-electron chi connectivity index (χ0n) is 11.5. The molecule has 0 aliphatic carbocycles. The second-order valence-electron chi connectivity index (χ2n) is 4.67. The number of halogens is 1. The number of nitrogens with zero attached hydrogens (tertiary/aromatic N) is 1. The Balaban J connectivity index is 2.39. The lowest BCUT2D eigenvalue weighted by atomic mass is 10.00. The molecule has 1 aromatic carbocycles. The Kier molecular flexibility index (Phi) is 4.66. The highest BCUT2D eigenvalue weighted by molar-refractivity contribution is 7.11. The van der Waals surface area contributed by atoms with E-state index in [2.05, 4.69) is 17.2 Å². The Hall–Kier alpha value is -1.26. The summed E-state index contributed by atoms with van der Waals surface area (Å²) in [7, 11) is 0. The lowest BCUT2D eigenvalue weighted by Gasteiger charge is -2.19. The molecule has 0 bridgehead atoms. The first-order chi connectivity index (χ1) is 9.11. The molecule has 2 aromatic rings. The fraction of sp³-hybridized carbons (Fsp3) is 0.400. The van der Waals surface area contributed by atoms with Crippen LogP contribution in [0.15, 0.2) is 24.4 Å². The van der Waals surface area contributed by atoms with E-state index in [1.165, 1.54) is 6.07 Å². The fourth-order valence-corrected chi connectivity index (χ4v) is 2.97. The second-order valence-corrected chi connectivity index (χ2v) is 5.94. The van der Waals surface area contributed by atoms with Gasteiger partial charge in [0, 0.05) is 11.1 Å². The van der Waals surface area contributed by atoms with Gasteiger partial charge in [-0.25, -0.2) is 9.37 Å². The molecule has 1 heterocycles. The van der Waals surface area contributed by atoms with E-state index in [1.54, 1.807) is 17.4 Å². The number of nitrogens with one attached hydrogen (secondary N) is 1. The topological polar surface area (TPSA) is 24.9 Å². The minimum Gasteiger partial charge on any atom is -0.306 e. The molecule has 1 aromatic heterocycles. The van der Waals surface area contributed by atoms with Crippen molar-refractivity contribution < 1.29 is 4.39 Å². The first-order valence-corrected chi connectivity index (χ1v) is 7.35. The molecule has 0 aliphatic heterocycles. The third-order valence-corrected chi connectivity index (χ3v) is 4.05. The van der Waals surface area contributed by atoms with Gasteiger partial charge in [-0.05, 0) is 50.1 Å². The molecule has 0 radical (unpaired) electrons. The largest absolute Gasteiger partial charge is 0.306 e. The Morgan fingerprint density at radius 1 is 1.37 bits per heavy atom. The normalized spacial score (nSPS) is 12.6. The summed E-state index contributed by atoms with van der Waals surface area (Å²) in [5.41, 5.74) is 2.10. The van der Waals surface area contributed by atoms with Gasteiger partial charge in [0.05, 0.1) is 11.0 Å². The lowest BCUT2D eigenvalue weighted by molar-refractivity contribution is 0.588. The van der Waals surface area contributed by atoms with Crippen LogP contribution in [-0.4, -0.2) is 11.5 Å². The number of hydrogen-bond donors (Lipinski definition) is 1. The maximum absolute atomic E-state index is 13.5. The molecule has 2 rings (SSSR count). The Morgan fingerprint density at radius 2 is 2.16 bits per heavy atom. The molecule has 19 heavy (non-hydrogen) atoms. The molecule has 1 unspecified atom stereocenters. The summed E-state index contributed by atoms with van der Waals surface area (Å²) in [5, 5.41) is 4.52. The van der Waals surface area contributed by atoms with E-state index < -0.39 is 0 Å². The highest BCUT2D eigenvalue weighted by Gasteiger charge is 2.18. The smallest absolute Gasteiger partial charge is 0.123 e. The standard InChI is InChI=1S/C15H19FN2S/c1-4-7-17-15(14-9-18-11(3)19-14)13-8-12(16)6-5-10(13)2/h5-6,8-9,15,17H,4,7H2,1-3H3. The molecule has 102 valence electrons. The quantitative estimate of drug-likeness (QED) is 0.894. The minimum absolute atomic E-state index is 0.0295. The van der Waals surface area contributed by atoms with Crippen LogP contribution in [0.5, 0.6) is 0 Å². The third-order valence-electron chi connectivity index (χ3n) is 3.07. The molecule has 4 heteroatoms. The molecular weight excluding hydrogens is 259 g/mol. The molecular formula is C15H19FN2S. The summed E-state index contributed by atoms with van der Waals surface area (Å²) in [6.45, 7) is 7.03. The van der Waals surface area contributed by atoms with Crippen molar-refractivity contribution in [2.75, 3.05) is 6.54 Å². The van der Waals surface area contributed by atoms with Crippen molar-refractivity contribution in [3.05, 3.63) is 51.2 Å². The summed E-state index contributed by atoms with van der Waals surface area (Å²) < 4.78 is 13.5. The van der Waals surface area contributed by atoms with E-state index in [1.807, 2.05) is 26.1 Å². The number of rotatable bonds is 5. The average molecular weight is 278 g/mol. The fourth-order valence-electron chi connectivity index (χ4n) is 2.09. The zero-order chi connectivity index (χ0) is 13.8. The van der Waals surface area contributed by atoms with Gasteiger partial charge in [0.25, 0.3) is 0 Å². The van der Waals surface area contributed by atoms with Gasteiger partial charge >= 0.3 is 0 Å². The van der Waals surface area contributed by atoms with E-state index in [4.69, 9.17) is 0 Å². The zero-order valence-corrected chi connectivity index (χ0v) is 12.4. The molecule has 0 fully saturated rings. The highest BCUT2D eigenvalue weighted by Crippen LogP contribution is 2.29. The van der Waals surface area contributed by atoms with Crippen molar-refractivity contribution in [3.63, 3.8) is 0 Å². The summed E-state index contributed by atoms with van der Waals surface area (Å²) in [6.07, 6.45) is 2.93. The van der Waals surface area contributed by atoms with Crippen LogP contribution in [0.2, 0.25) is 0 Å². The monoisotopic (exact) mass is 278 g/mol. The van der Waals surface area contributed by atoms with Gasteiger partial charge < -0.3 is 5.32 Å². The predicted molar refractivity (Wildman–Crippen MR) is 78.1 cm³/mol. The van der Waals surface area contributed by atoms with Gasteiger partial charge in [-0.3, -0.25) is 0 Å². The number of aryl methyl sites for hydroxylation is 2. The van der Waals surface area contributed by atoms with Gasteiger partial charge in [-0.15, -0.1) is 11.3 Å². The first-order valence-electron chi connectivity index (χ1n) is 6.53. The van der Waals surface area contributed by atoms with Crippen LogP contribution in [0.4, 0.5) is 4.39 Å². The number of benzene rings is 1. The predicted octanol–water partition coefficient (Wildman–Crippen LogP) is 3.99. The molecule has 0 spiro atoms. The third kappa shape index (κ3) is 3.39. The van der Waals surface area contributed by atoms with Crippen LogP contribution in [0.1, 0.15) is 40.4 Å². The molecule has 2 nitrogen and oxygen atoms in total. The van der Waals surface area contributed by atoms with Gasteiger partial charge in [0.15, 0.2) is 0 Å². The number of thiazole rings is 1. The van der Waals surface area contributed by atoms with Crippen LogP contribution >= 0.6 is 11.3 Å². The number of aromatic nitrogens is 1. The lowest BCUT2D eigenvalue weighted by Crippen LogP contribution is -2.23. The van der Waals surface area contributed by atoms with Gasteiger partial charge in [0.2, 0.25) is 0 Å². The van der Waals surface area contributed by atoms with E-state index >= 15 is 0 Å². The molecule has 0 amide bonds. The van der Waals surface area contributed by atoms with Crippen molar-refractivity contribution in [2.45, 2.75) is 33.2 Å². The van der Waals surface area contributed by atoms with Crippen molar-refractivity contribution in [2.24, 2.45) is 0 Å². The van der Waals surface area contributed by atoms with Crippen LogP contribution in [0.25, 0.3) is 0 Å². The van der Waals surface area contributed by atoms with E-state index in [0.717, 1.165) is 34.0 Å². The average Bonchev–Trinajstić information content (AvgIpc) is 2.80. The van der Waals surface area contributed by atoms with E-state index in [0.29, 0.717) is 0 Å². The Labute approximate surface area is 117 Å². The molecule has 1 atom stereocenters. The van der Waals surface area contributed by atoms with Crippen LogP contribution < -0.4 is 5.32 Å². The summed E-state index contributed by atoms with van der Waals surface area (Å²) >= 11 is 1.66. The summed E-state index contributed by atoms with van der Waals surface area (Å²) in [4.78, 5) is 5.45. The molecule has 1 N–H and O–H groups in total. The van der Waals surface area contributed by atoms with E-state index in [9.17, 15) is 4.39 Å². The van der Waals surface area contributed by atoms with Gasteiger partial charge in [0.1, 0.15) is 5.82 Å². The van der Waals surface area contributed by atoms with Crippen molar-refractivity contribution in [1.82, 2.24) is 10.3 Å². The van der Waals surface area contributed by atoms with Crippen molar-refractivity contribution in [3.8, 4) is 0 Å². The van der Waals surface area contributed by atoms with Crippen LogP contribution in [0, 0.1) is 19.7 Å².